The van der Waals surface area contributed by atoms with Gasteiger partial charge in [0.2, 0.25) is 5.43 Å². The van der Waals surface area contributed by atoms with Gasteiger partial charge in [-0.25, -0.2) is 0 Å². The van der Waals surface area contributed by atoms with Crippen molar-refractivity contribution in [3.63, 3.8) is 0 Å². The highest BCUT2D eigenvalue weighted by molar-refractivity contribution is 5.98. The summed E-state index contributed by atoms with van der Waals surface area (Å²) in [6, 6.07) is 3.54. The first kappa shape index (κ1) is 33.9. The van der Waals surface area contributed by atoms with Gasteiger partial charge in [-0.05, 0) is 105 Å². The highest BCUT2D eigenvalue weighted by Crippen LogP contribution is 2.41. The van der Waals surface area contributed by atoms with Crippen molar-refractivity contribution < 1.29 is 23.7 Å². The second kappa shape index (κ2) is 15.9. The van der Waals surface area contributed by atoms with Gasteiger partial charge in [-0.3, -0.25) is 4.79 Å². The highest BCUT2D eigenvalue weighted by Gasteiger charge is 2.24. The molecular formula is C38H52N2O6. The summed E-state index contributed by atoms with van der Waals surface area (Å²) in [6.45, 7) is 15.7. The fraction of sp³-hybridized carbons (Fsp3) is 0.553. The lowest BCUT2D eigenvalue weighted by molar-refractivity contribution is 0.254. The summed E-state index contributed by atoms with van der Waals surface area (Å²) < 4.78 is 25.0. The topological polar surface area (TPSA) is 84.6 Å². The second-order valence-electron chi connectivity index (χ2n) is 13.2. The van der Waals surface area contributed by atoms with Gasteiger partial charge >= 0.3 is 0 Å². The van der Waals surface area contributed by atoms with Gasteiger partial charge < -0.3 is 33.5 Å². The number of hydrogen-bond acceptors (Lipinski definition) is 8. The van der Waals surface area contributed by atoms with Crippen LogP contribution in [-0.4, -0.2) is 74.5 Å². The van der Waals surface area contributed by atoms with E-state index >= 15 is 0 Å². The SMILES string of the molecule is COc1c(OCCCN2CCCC2)cc2oc3cc(OCCCN4CCCC4)c(CC=C(C)C)c(O)c3c(=O)c2c1CC=C(C)C. The maximum atomic E-state index is 14.4. The van der Waals surface area contributed by atoms with Crippen LogP contribution in [0.2, 0.25) is 0 Å². The molecular weight excluding hydrogens is 580 g/mol. The zero-order valence-electron chi connectivity index (χ0n) is 28.5. The van der Waals surface area contributed by atoms with Crippen molar-refractivity contribution in [3.05, 3.63) is 56.8 Å². The number of nitrogens with zero attached hydrogens (tertiary/aromatic N) is 2. The lowest BCUT2D eigenvalue weighted by atomic mass is 9.98. The van der Waals surface area contributed by atoms with Gasteiger partial charge in [-0.1, -0.05) is 23.3 Å². The van der Waals surface area contributed by atoms with Crippen LogP contribution in [0.15, 0.2) is 44.6 Å². The number of benzene rings is 2. The zero-order chi connectivity index (χ0) is 32.6. The van der Waals surface area contributed by atoms with E-state index < -0.39 is 0 Å². The van der Waals surface area contributed by atoms with Gasteiger partial charge in [-0.2, -0.15) is 0 Å². The van der Waals surface area contributed by atoms with Gasteiger partial charge in [0.05, 0.1) is 25.7 Å². The van der Waals surface area contributed by atoms with Crippen LogP contribution >= 0.6 is 0 Å². The molecule has 2 aromatic carbocycles. The maximum absolute atomic E-state index is 14.4. The third kappa shape index (κ3) is 8.07. The molecule has 0 unspecified atom stereocenters. The van der Waals surface area contributed by atoms with Crippen LogP contribution in [0.25, 0.3) is 21.9 Å². The van der Waals surface area contributed by atoms with Gasteiger partial charge in [0.25, 0.3) is 0 Å². The molecule has 5 rings (SSSR count). The monoisotopic (exact) mass is 632 g/mol. The third-order valence-electron chi connectivity index (χ3n) is 9.09. The van der Waals surface area contributed by atoms with Crippen molar-refractivity contribution in [2.75, 3.05) is 59.6 Å². The molecule has 3 aromatic rings. The molecule has 3 heterocycles. The number of phenols is 1. The molecule has 2 aliphatic rings. The fourth-order valence-electron chi connectivity index (χ4n) is 6.62. The van der Waals surface area contributed by atoms with Gasteiger partial charge in [0.15, 0.2) is 11.5 Å². The molecule has 0 amide bonds. The maximum Gasteiger partial charge on any atom is 0.204 e. The largest absolute Gasteiger partial charge is 0.507 e. The second-order valence-corrected chi connectivity index (χ2v) is 13.2. The summed E-state index contributed by atoms with van der Waals surface area (Å²) in [5, 5.41) is 12.2. The number of ether oxygens (including phenoxy) is 3. The summed E-state index contributed by atoms with van der Waals surface area (Å²) in [7, 11) is 1.61. The quantitative estimate of drug-likeness (QED) is 0.105. The van der Waals surface area contributed by atoms with E-state index in [-0.39, 0.29) is 16.6 Å². The molecule has 250 valence electrons. The van der Waals surface area contributed by atoms with Crippen LogP contribution in [0, 0.1) is 0 Å². The Bertz CT molecular complexity index is 1620. The standard InChI is InChI=1S/C38H52N2O6/c1-26(2)12-14-28-30(44-22-10-20-39-16-6-7-17-39)24-32-35(36(28)41)37(42)34-29(15-13-27(3)4)38(43-5)33(25-31(34)46-32)45-23-11-21-40-18-8-9-19-40/h12-13,24-25,41H,6-11,14-23H2,1-5H3. The highest BCUT2D eigenvalue weighted by atomic mass is 16.5. The van der Waals surface area contributed by atoms with Gasteiger partial charge in [0, 0.05) is 36.3 Å². The molecule has 0 aliphatic carbocycles. The Kier molecular flexibility index (Phi) is 11.7. The van der Waals surface area contributed by atoms with Gasteiger partial charge in [0.1, 0.15) is 28.1 Å². The molecule has 2 aliphatic heterocycles. The van der Waals surface area contributed by atoms with E-state index in [2.05, 4.69) is 15.9 Å². The molecule has 0 saturated carbocycles. The van der Waals surface area contributed by atoms with Crippen LogP contribution < -0.4 is 19.6 Å². The number of fused-ring (bicyclic) bond motifs is 2. The zero-order valence-corrected chi connectivity index (χ0v) is 28.5. The predicted molar refractivity (Wildman–Crippen MR) is 186 cm³/mol. The van der Waals surface area contributed by atoms with Crippen LogP contribution in [-0.2, 0) is 12.8 Å². The Morgan fingerprint density at radius 2 is 1.28 bits per heavy atom. The first-order valence-electron chi connectivity index (χ1n) is 17.1. The number of rotatable bonds is 15. The summed E-state index contributed by atoms with van der Waals surface area (Å²) in [4.78, 5) is 19.3. The molecule has 0 radical (unpaired) electrons. The van der Waals surface area contributed by atoms with Crippen molar-refractivity contribution in [1.29, 1.82) is 0 Å². The summed E-state index contributed by atoms with van der Waals surface area (Å²) in [6.07, 6.45) is 11.8. The lowest BCUT2D eigenvalue weighted by Crippen LogP contribution is -2.22. The van der Waals surface area contributed by atoms with Crippen molar-refractivity contribution in [3.8, 4) is 23.0 Å². The first-order chi connectivity index (χ1) is 22.3. The molecule has 46 heavy (non-hydrogen) atoms. The van der Waals surface area contributed by atoms with E-state index in [0.717, 1.165) is 63.3 Å². The number of hydrogen-bond donors (Lipinski definition) is 1. The molecule has 2 saturated heterocycles. The number of aromatic hydroxyl groups is 1. The van der Waals surface area contributed by atoms with Crippen molar-refractivity contribution in [2.45, 2.75) is 79.1 Å². The molecule has 0 spiro atoms. The van der Waals surface area contributed by atoms with Crippen molar-refractivity contribution >= 4 is 21.9 Å². The summed E-state index contributed by atoms with van der Waals surface area (Å²) >= 11 is 0. The minimum Gasteiger partial charge on any atom is -0.507 e. The molecule has 1 N–H and O–H groups in total. The average Bonchev–Trinajstić information content (AvgIpc) is 3.74. The average molecular weight is 633 g/mol. The minimum absolute atomic E-state index is 0.0884. The number of phenolic OH excluding ortho intramolecular Hbond substituents is 1. The molecule has 8 heteroatoms. The number of allylic oxidation sites excluding steroid dienone is 4. The lowest BCUT2D eigenvalue weighted by Gasteiger charge is -2.19. The molecule has 0 atom stereocenters. The van der Waals surface area contributed by atoms with Gasteiger partial charge in [-0.15, -0.1) is 0 Å². The summed E-state index contributed by atoms with van der Waals surface area (Å²) in [5.74, 6) is 1.54. The molecule has 2 fully saturated rings. The van der Waals surface area contributed by atoms with Crippen molar-refractivity contribution in [1.82, 2.24) is 9.80 Å². The van der Waals surface area contributed by atoms with E-state index in [1.54, 1.807) is 19.2 Å². The van der Waals surface area contributed by atoms with Crippen LogP contribution in [0.3, 0.4) is 0 Å². The fourth-order valence-corrected chi connectivity index (χ4v) is 6.62. The third-order valence-corrected chi connectivity index (χ3v) is 9.09. The Morgan fingerprint density at radius 1 is 0.783 bits per heavy atom. The summed E-state index contributed by atoms with van der Waals surface area (Å²) in [5.41, 5.74) is 3.94. The van der Waals surface area contributed by atoms with E-state index in [1.165, 1.54) is 25.7 Å². The Labute approximate surface area is 273 Å². The molecule has 8 nitrogen and oxygen atoms in total. The smallest absolute Gasteiger partial charge is 0.204 e. The number of likely N-dealkylation sites (tertiary alicyclic amines) is 2. The van der Waals surface area contributed by atoms with Crippen LogP contribution in [0.1, 0.15) is 77.3 Å². The number of methoxy groups -OCH3 is 1. The van der Waals surface area contributed by atoms with E-state index in [0.29, 0.717) is 71.0 Å². The Balaban J connectivity index is 1.56. The Hall–Kier alpha value is -3.49. The first-order valence-corrected chi connectivity index (χ1v) is 17.1. The molecule has 1 aromatic heterocycles. The molecule has 0 bridgehead atoms. The van der Waals surface area contributed by atoms with Crippen LogP contribution in [0.5, 0.6) is 23.0 Å². The normalized spacial score (nSPS) is 15.5. The Morgan fingerprint density at radius 3 is 1.83 bits per heavy atom. The minimum atomic E-state index is -0.288. The van der Waals surface area contributed by atoms with E-state index in [1.807, 2.05) is 33.8 Å². The van der Waals surface area contributed by atoms with Crippen LogP contribution in [0.4, 0.5) is 0 Å². The van der Waals surface area contributed by atoms with Crippen molar-refractivity contribution in [2.24, 2.45) is 0 Å². The predicted octanol–water partition coefficient (Wildman–Crippen LogP) is 7.41. The van der Waals surface area contributed by atoms with E-state index in [4.69, 9.17) is 18.6 Å². The van der Waals surface area contributed by atoms with E-state index in [9.17, 15) is 9.90 Å².